The highest BCUT2D eigenvalue weighted by atomic mass is 19.1. The smallest absolute Gasteiger partial charge is 0.260 e. The number of piperidine rings is 1. The van der Waals surface area contributed by atoms with Crippen molar-refractivity contribution in [1.82, 2.24) is 14.8 Å². The van der Waals surface area contributed by atoms with E-state index in [0.717, 1.165) is 36.3 Å². The predicted molar refractivity (Wildman–Crippen MR) is 203 cm³/mol. The average molecular weight is 739 g/mol. The van der Waals surface area contributed by atoms with Gasteiger partial charge in [0.25, 0.3) is 11.8 Å². The molecule has 0 radical (unpaired) electrons. The van der Waals surface area contributed by atoms with Crippen LogP contribution in [0, 0.1) is 36.4 Å². The van der Waals surface area contributed by atoms with E-state index >= 15 is 9.18 Å². The highest BCUT2D eigenvalue weighted by Crippen LogP contribution is 2.65. The van der Waals surface area contributed by atoms with Gasteiger partial charge in [0.2, 0.25) is 11.8 Å². The number of nitrogens with zero attached hydrogens (tertiary/aromatic N) is 3. The van der Waals surface area contributed by atoms with E-state index in [0.29, 0.717) is 29.7 Å². The lowest BCUT2D eigenvalue weighted by molar-refractivity contribution is -0.144. The zero-order valence-electron chi connectivity index (χ0n) is 30.6. The molecule has 4 amide bonds. The van der Waals surface area contributed by atoms with E-state index in [1.807, 2.05) is 49.4 Å². The number of hydrogen-bond donors (Lipinski definition) is 2. The van der Waals surface area contributed by atoms with Gasteiger partial charge in [-0.2, -0.15) is 5.01 Å². The van der Waals surface area contributed by atoms with Crippen LogP contribution in [0.5, 0.6) is 5.75 Å². The summed E-state index contributed by atoms with van der Waals surface area (Å²) in [7, 11) is 0. The number of para-hydroxylation sites is 1. The van der Waals surface area contributed by atoms with Crippen molar-refractivity contribution >= 4 is 29.3 Å². The molecule has 2 N–H and O–H groups in total. The molecule has 9 rings (SSSR count). The summed E-state index contributed by atoms with van der Waals surface area (Å²) in [6, 6.07) is 30.6. The second-order valence-electron chi connectivity index (χ2n) is 15.8. The van der Waals surface area contributed by atoms with Crippen LogP contribution >= 0.6 is 0 Å². The Balaban J connectivity index is 1.11. The summed E-state index contributed by atoms with van der Waals surface area (Å²) in [5, 5.41) is 12.5. The molecule has 10 heteroatoms. The fourth-order valence-corrected chi connectivity index (χ4v) is 10.4. The maximum Gasteiger partial charge on any atom is 0.260 e. The summed E-state index contributed by atoms with van der Waals surface area (Å²) in [6.07, 6.45) is 3.67. The standard InChI is InChI=1S/C45H43FN4O5/c1-27-15-17-30(18-16-27)47-50-42(53)36-25-35-32(39(34-13-8-14-37(46)40(34)51)45(36,44(50)55)29-11-6-3-7-12-29)19-20-33-38(35)43(54)49(41(33)52)31-21-23-48(24-22-31)26-28-9-4-2-5-10-28/h2-19,31,33,35-36,38-39,47,51H,20-26H2,1H3. The fourth-order valence-electron chi connectivity index (χ4n) is 10.4. The summed E-state index contributed by atoms with van der Waals surface area (Å²) >= 11 is 0. The minimum Gasteiger partial charge on any atom is -0.505 e. The summed E-state index contributed by atoms with van der Waals surface area (Å²) < 4.78 is 15.4. The van der Waals surface area contributed by atoms with E-state index in [2.05, 4.69) is 22.5 Å². The van der Waals surface area contributed by atoms with Crippen LogP contribution in [0.3, 0.4) is 0 Å². The van der Waals surface area contributed by atoms with Gasteiger partial charge < -0.3 is 5.11 Å². The summed E-state index contributed by atoms with van der Waals surface area (Å²) in [6.45, 7) is 4.25. The molecule has 6 unspecified atom stereocenters. The van der Waals surface area contributed by atoms with Gasteiger partial charge in [-0.1, -0.05) is 102 Å². The number of fused-ring (bicyclic) bond motifs is 4. The fraction of sp³-hybridized carbons (Fsp3) is 0.333. The van der Waals surface area contributed by atoms with Crippen molar-refractivity contribution in [3.05, 3.63) is 143 Å². The second-order valence-corrected chi connectivity index (χ2v) is 15.8. The van der Waals surface area contributed by atoms with Crippen molar-refractivity contribution in [3.63, 3.8) is 0 Å². The molecule has 0 bridgehead atoms. The van der Waals surface area contributed by atoms with Gasteiger partial charge in [0.15, 0.2) is 11.6 Å². The molecule has 280 valence electrons. The molecule has 6 atom stereocenters. The largest absolute Gasteiger partial charge is 0.505 e. The average Bonchev–Trinajstić information content (AvgIpc) is 3.58. The van der Waals surface area contributed by atoms with Gasteiger partial charge in [-0.15, -0.1) is 0 Å². The van der Waals surface area contributed by atoms with E-state index in [1.54, 1.807) is 42.5 Å². The lowest BCUT2D eigenvalue weighted by Gasteiger charge is -2.50. The van der Waals surface area contributed by atoms with E-state index in [9.17, 15) is 19.5 Å². The van der Waals surface area contributed by atoms with Gasteiger partial charge in [0.05, 0.1) is 28.9 Å². The third-order valence-electron chi connectivity index (χ3n) is 12.9. The molecule has 1 saturated carbocycles. The number of aryl methyl sites for hydroxylation is 1. The number of rotatable bonds is 7. The quantitative estimate of drug-likeness (QED) is 0.165. The number of phenols is 1. The van der Waals surface area contributed by atoms with Crippen molar-refractivity contribution in [2.75, 3.05) is 18.5 Å². The molecule has 3 saturated heterocycles. The van der Waals surface area contributed by atoms with Gasteiger partial charge in [-0.05, 0) is 67.9 Å². The number of hydrogen-bond acceptors (Lipinski definition) is 7. The SMILES string of the molecule is Cc1ccc(NN2C(=O)C3CC4C(=CCC5C(=O)N(C6CCN(Cc7ccccc7)CC6)C(=O)C54)C(c4cccc(F)c4O)C3(c3ccccc3)C2=O)cc1. The number of amides is 4. The summed E-state index contributed by atoms with van der Waals surface area (Å²) in [4.78, 5) is 63.0. The maximum absolute atomic E-state index is 15.4. The van der Waals surface area contributed by atoms with Gasteiger partial charge in [-0.3, -0.25) is 34.4 Å². The number of imide groups is 2. The van der Waals surface area contributed by atoms with Crippen molar-refractivity contribution in [1.29, 1.82) is 0 Å². The van der Waals surface area contributed by atoms with Crippen LogP contribution in [0.25, 0.3) is 0 Å². The first-order chi connectivity index (χ1) is 26.7. The van der Waals surface area contributed by atoms with Crippen LogP contribution in [0.2, 0.25) is 0 Å². The zero-order chi connectivity index (χ0) is 38.0. The molecule has 4 aromatic carbocycles. The van der Waals surface area contributed by atoms with Crippen LogP contribution in [-0.4, -0.2) is 62.7 Å². The number of aromatic hydroxyl groups is 1. The predicted octanol–water partition coefficient (Wildman–Crippen LogP) is 6.49. The normalized spacial score (nSPS) is 28.2. The first-order valence-electron chi connectivity index (χ1n) is 19.3. The number of allylic oxidation sites excluding steroid dienone is 2. The third kappa shape index (κ3) is 5.52. The Kier molecular flexibility index (Phi) is 8.68. The zero-order valence-corrected chi connectivity index (χ0v) is 30.6. The molecule has 5 aliphatic rings. The Bertz CT molecular complexity index is 2200. The maximum atomic E-state index is 15.4. The number of carbonyl (C=O) groups is 4. The lowest BCUT2D eigenvalue weighted by atomic mass is 9.49. The van der Waals surface area contributed by atoms with Crippen LogP contribution in [0.4, 0.5) is 10.1 Å². The Morgan fingerprint density at radius 3 is 2.20 bits per heavy atom. The molecular weight excluding hydrogens is 696 g/mol. The number of nitrogens with one attached hydrogen (secondary N) is 1. The first-order valence-corrected chi connectivity index (χ1v) is 19.3. The minimum atomic E-state index is -1.59. The van der Waals surface area contributed by atoms with Crippen molar-refractivity contribution < 1.29 is 28.7 Å². The number of benzene rings is 4. The lowest BCUT2D eigenvalue weighted by Crippen LogP contribution is -2.53. The van der Waals surface area contributed by atoms with Crippen LogP contribution in [-0.2, 0) is 31.1 Å². The monoisotopic (exact) mass is 738 g/mol. The Morgan fingerprint density at radius 2 is 1.49 bits per heavy atom. The molecule has 3 aliphatic heterocycles. The third-order valence-corrected chi connectivity index (χ3v) is 12.9. The van der Waals surface area contributed by atoms with Gasteiger partial charge in [0.1, 0.15) is 0 Å². The van der Waals surface area contributed by atoms with Gasteiger partial charge in [-0.25, -0.2) is 4.39 Å². The number of likely N-dealkylation sites (tertiary alicyclic amines) is 2. The topological polar surface area (TPSA) is 110 Å². The summed E-state index contributed by atoms with van der Waals surface area (Å²) in [5.41, 5.74) is 5.65. The van der Waals surface area contributed by atoms with Crippen LogP contribution < -0.4 is 5.43 Å². The van der Waals surface area contributed by atoms with Crippen LogP contribution in [0.15, 0.2) is 115 Å². The molecule has 55 heavy (non-hydrogen) atoms. The highest BCUT2D eigenvalue weighted by Gasteiger charge is 2.71. The van der Waals surface area contributed by atoms with E-state index in [-0.39, 0.29) is 36.3 Å². The molecule has 3 heterocycles. The molecule has 2 aliphatic carbocycles. The number of carbonyl (C=O) groups excluding carboxylic acids is 4. The first kappa shape index (κ1) is 35.1. The molecule has 4 fully saturated rings. The Labute approximate surface area is 319 Å². The Hall–Kier alpha value is -5.61. The second kappa shape index (κ2) is 13.6. The number of phenolic OH excluding ortho intramolecular Hbond substituents is 1. The molecule has 0 aromatic heterocycles. The number of halogens is 1. The Morgan fingerprint density at radius 1 is 0.800 bits per heavy atom. The number of anilines is 1. The molecular formula is C45H43FN4O5. The van der Waals surface area contributed by atoms with Crippen molar-refractivity contribution in [3.8, 4) is 5.75 Å². The molecule has 0 spiro atoms. The van der Waals surface area contributed by atoms with E-state index < -0.39 is 58.4 Å². The summed E-state index contributed by atoms with van der Waals surface area (Å²) in [5.74, 6) is -6.83. The van der Waals surface area contributed by atoms with Gasteiger partial charge >= 0.3 is 0 Å². The number of hydrazine groups is 1. The van der Waals surface area contributed by atoms with Crippen LogP contribution in [0.1, 0.15) is 53.9 Å². The molecule has 9 nitrogen and oxygen atoms in total. The minimum absolute atomic E-state index is 0.132. The van der Waals surface area contributed by atoms with E-state index in [1.165, 1.54) is 16.5 Å². The van der Waals surface area contributed by atoms with Gasteiger partial charge in [0, 0.05) is 37.2 Å². The van der Waals surface area contributed by atoms with Crippen molar-refractivity contribution in [2.24, 2.45) is 23.7 Å². The molecule has 4 aromatic rings. The highest BCUT2D eigenvalue weighted by molar-refractivity contribution is 6.13. The van der Waals surface area contributed by atoms with Crippen molar-refractivity contribution in [2.45, 2.75) is 56.5 Å². The van der Waals surface area contributed by atoms with E-state index in [4.69, 9.17) is 0 Å².